The SMILES string of the molecule is CNCCc1ccc(CN(C)C(C)C)cc1. The Morgan fingerprint density at radius 3 is 2.19 bits per heavy atom. The van der Waals surface area contributed by atoms with Crippen LogP contribution in [0.25, 0.3) is 0 Å². The molecule has 0 radical (unpaired) electrons. The Kier molecular flexibility index (Phi) is 5.50. The van der Waals surface area contributed by atoms with Crippen molar-refractivity contribution in [2.75, 3.05) is 20.6 Å². The van der Waals surface area contributed by atoms with Crippen LogP contribution >= 0.6 is 0 Å². The molecule has 16 heavy (non-hydrogen) atoms. The molecule has 0 unspecified atom stereocenters. The summed E-state index contributed by atoms with van der Waals surface area (Å²) in [5.41, 5.74) is 2.80. The Balaban J connectivity index is 2.51. The summed E-state index contributed by atoms with van der Waals surface area (Å²) in [4.78, 5) is 2.35. The fourth-order valence-electron chi connectivity index (χ4n) is 1.55. The Labute approximate surface area is 99.7 Å². The number of hydrogen-bond acceptors (Lipinski definition) is 2. The lowest BCUT2D eigenvalue weighted by Gasteiger charge is -2.21. The first kappa shape index (κ1) is 13.2. The molecule has 0 aromatic heterocycles. The van der Waals surface area contributed by atoms with Gasteiger partial charge in [-0.2, -0.15) is 0 Å². The van der Waals surface area contributed by atoms with Gasteiger partial charge in [-0.15, -0.1) is 0 Å². The molecule has 0 aliphatic rings. The maximum Gasteiger partial charge on any atom is 0.0233 e. The third kappa shape index (κ3) is 4.33. The van der Waals surface area contributed by atoms with Crippen molar-refractivity contribution in [1.29, 1.82) is 0 Å². The van der Waals surface area contributed by atoms with Crippen LogP contribution in [0.1, 0.15) is 25.0 Å². The van der Waals surface area contributed by atoms with E-state index in [1.807, 2.05) is 7.05 Å². The fraction of sp³-hybridized carbons (Fsp3) is 0.571. The lowest BCUT2D eigenvalue weighted by molar-refractivity contribution is 0.266. The van der Waals surface area contributed by atoms with Gasteiger partial charge in [-0.05, 0) is 52.0 Å². The molecule has 0 atom stereocenters. The van der Waals surface area contributed by atoms with Crippen LogP contribution in [0.3, 0.4) is 0 Å². The number of hydrogen-bond donors (Lipinski definition) is 1. The van der Waals surface area contributed by atoms with Gasteiger partial charge in [-0.25, -0.2) is 0 Å². The van der Waals surface area contributed by atoms with Crippen LogP contribution in [0.4, 0.5) is 0 Å². The van der Waals surface area contributed by atoms with Crippen molar-refractivity contribution < 1.29 is 0 Å². The second kappa shape index (κ2) is 6.66. The van der Waals surface area contributed by atoms with Crippen molar-refractivity contribution in [3.63, 3.8) is 0 Å². The Bertz CT molecular complexity index is 290. The second-order valence-corrected chi connectivity index (χ2v) is 4.68. The van der Waals surface area contributed by atoms with Gasteiger partial charge < -0.3 is 5.32 Å². The van der Waals surface area contributed by atoms with Crippen LogP contribution in [0, 0.1) is 0 Å². The van der Waals surface area contributed by atoms with Crippen molar-refractivity contribution in [3.8, 4) is 0 Å². The van der Waals surface area contributed by atoms with Crippen molar-refractivity contribution in [1.82, 2.24) is 10.2 Å². The minimum Gasteiger partial charge on any atom is -0.319 e. The van der Waals surface area contributed by atoms with Gasteiger partial charge in [-0.3, -0.25) is 4.90 Å². The number of rotatable bonds is 6. The van der Waals surface area contributed by atoms with Crippen LogP contribution in [-0.2, 0) is 13.0 Å². The van der Waals surface area contributed by atoms with E-state index in [9.17, 15) is 0 Å². The van der Waals surface area contributed by atoms with E-state index in [0.717, 1.165) is 19.5 Å². The summed E-state index contributed by atoms with van der Waals surface area (Å²) in [6.45, 7) is 6.53. The van der Waals surface area contributed by atoms with E-state index in [1.165, 1.54) is 11.1 Å². The first-order valence-corrected chi connectivity index (χ1v) is 6.06. The highest BCUT2D eigenvalue weighted by molar-refractivity contribution is 5.22. The summed E-state index contributed by atoms with van der Waals surface area (Å²) in [7, 11) is 4.16. The van der Waals surface area contributed by atoms with E-state index in [4.69, 9.17) is 0 Å². The predicted octanol–water partition coefficient (Wildman–Crippen LogP) is 2.29. The molecule has 0 fully saturated rings. The smallest absolute Gasteiger partial charge is 0.0233 e. The van der Waals surface area contributed by atoms with Gasteiger partial charge in [0, 0.05) is 12.6 Å². The van der Waals surface area contributed by atoms with Gasteiger partial charge in [0.1, 0.15) is 0 Å². The molecule has 0 spiro atoms. The highest BCUT2D eigenvalue weighted by Gasteiger charge is 2.03. The maximum atomic E-state index is 3.17. The number of nitrogens with one attached hydrogen (secondary N) is 1. The molecular formula is C14H24N2. The van der Waals surface area contributed by atoms with E-state index < -0.39 is 0 Å². The van der Waals surface area contributed by atoms with Crippen molar-refractivity contribution >= 4 is 0 Å². The molecule has 0 aliphatic carbocycles. The van der Waals surface area contributed by atoms with Gasteiger partial charge >= 0.3 is 0 Å². The standard InChI is InChI=1S/C14H24N2/c1-12(2)16(4)11-14-7-5-13(6-8-14)9-10-15-3/h5-8,12,15H,9-11H2,1-4H3. The minimum absolute atomic E-state index is 0.601. The summed E-state index contributed by atoms with van der Waals surface area (Å²) in [6, 6.07) is 9.55. The molecule has 2 heteroatoms. The summed E-state index contributed by atoms with van der Waals surface area (Å²) in [6.07, 6.45) is 1.11. The zero-order chi connectivity index (χ0) is 12.0. The molecule has 1 aromatic rings. The first-order chi connectivity index (χ1) is 7.63. The molecular weight excluding hydrogens is 196 g/mol. The number of benzene rings is 1. The zero-order valence-corrected chi connectivity index (χ0v) is 11.0. The number of nitrogens with zero attached hydrogens (tertiary/aromatic N) is 1. The van der Waals surface area contributed by atoms with Gasteiger partial charge in [0.2, 0.25) is 0 Å². The van der Waals surface area contributed by atoms with E-state index in [-0.39, 0.29) is 0 Å². The minimum atomic E-state index is 0.601. The molecule has 1 aromatic carbocycles. The largest absolute Gasteiger partial charge is 0.319 e. The lowest BCUT2D eigenvalue weighted by atomic mass is 10.1. The monoisotopic (exact) mass is 220 g/mol. The van der Waals surface area contributed by atoms with E-state index in [2.05, 4.69) is 55.4 Å². The highest BCUT2D eigenvalue weighted by Crippen LogP contribution is 2.08. The Hall–Kier alpha value is -0.860. The molecule has 0 bridgehead atoms. The van der Waals surface area contributed by atoms with Gasteiger partial charge in [0.05, 0.1) is 0 Å². The quantitative estimate of drug-likeness (QED) is 0.791. The summed E-state index contributed by atoms with van der Waals surface area (Å²) in [5, 5.41) is 3.17. The van der Waals surface area contributed by atoms with E-state index in [0.29, 0.717) is 6.04 Å². The van der Waals surface area contributed by atoms with Gasteiger partial charge in [0.15, 0.2) is 0 Å². The second-order valence-electron chi connectivity index (χ2n) is 4.68. The average molecular weight is 220 g/mol. The first-order valence-electron chi connectivity index (χ1n) is 6.06. The van der Waals surface area contributed by atoms with Crippen molar-refractivity contribution in [3.05, 3.63) is 35.4 Å². The topological polar surface area (TPSA) is 15.3 Å². The van der Waals surface area contributed by atoms with Crippen LogP contribution < -0.4 is 5.32 Å². The predicted molar refractivity (Wildman–Crippen MR) is 70.7 cm³/mol. The van der Waals surface area contributed by atoms with Gasteiger partial charge in [0.25, 0.3) is 0 Å². The summed E-state index contributed by atoms with van der Waals surface area (Å²) < 4.78 is 0. The van der Waals surface area contributed by atoms with Crippen molar-refractivity contribution in [2.24, 2.45) is 0 Å². The Morgan fingerprint density at radius 1 is 1.12 bits per heavy atom. The molecule has 0 saturated carbocycles. The normalized spacial score (nSPS) is 11.4. The molecule has 0 aliphatic heterocycles. The molecule has 0 saturated heterocycles. The van der Waals surface area contributed by atoms with E-state index in [1.54, 1.807) is 0 Å². The third-order valence-electron chi connectivity index (χ3n) is 3.00. The molecule has 1 rings (SSSR count). The van der Waals surface area contributed by atoms with Crippen LogP contribution in [0.2, 0.25) is 0 Å². The number of likely N-dealkylation sites (N-methyl/N-ethyl adjacent to an activating group) is 1. The fourth-order valence-corrected chi connectivity index (χ4v) is 1.55. The molecule has 1 N–H and O–H groups in total. The third-order valence-corrected chi connectivity index (χ3v) is 3.00. The van der Waals surface area contributed by atoms with Crippen LogP contribution in [0.15, 0.2) is 24.3 Å². The molecule has 90 valence electrons. The van der Waals surface area contributed by atoms with Crippen molar-refractivity contribution in [2.45, 2.75) is 32.9 Å². The molecule has 2 nitrogen and oxygen atoms in total. The average Bonchev–Trinajstić information content (AvgIpc) is 2.28. The van der Waals surface area contributed by atoms with Gasteiger partial charge in [-0.1, -0.05) is 24.3 Å². The van der Waals surface area contributed by atoms with Crippen LogP contribution in [0.5, 0.6) is 0 Å². The summed E-state index contributed by atoms with van der Waals surface area (Å²) >= 11 is 0. The Morgan fingerprint density at radius 2 is 1.69 bits per heavy atom. The zero-order valence-electron chi connectivity index (χ0n) is 11.0. The van der Waals surface area contributed by atoms with Crippen LogP contribution in [-0.4, -0.2) is 31.6 Å². The molecule has 0 heterocycles. The lowest BCUT2D eigenvalue weighted by Crippen LogP contribution is -2.25. The highest BCUT2D eigenvalue weighted by atomic mass is 15.1. The summed E-state index contributed by atoms with van der Waals surface area (Å²) in [5.74, 6) is 0. The van der Waals surface area contributed by atoms with E-state index >= 15 is 0 Å². The molecule has 0 amide bonds. The maximum absolute atomic E-state index is 3.17.